The fraction of sp³-hybridized carbons (Fsp3) is 0.176. The van der Waals surface area contributed by atoms with Crippen LogP contribution in [0.2, 0.25) is 10.0 Å². The van der Waals surface area contributed by atoms with Gasteiger partial charge in [0.2, 0.25) is 5.91 Å². The fourth-order valence-corrected chi connectivity index (χ4v) is 2.50. The van der Waals surface area contributed by atoms with E-state index in [1.54, 1.807) is 31.4 Å². The number of ketones is 1. The summed E-state index contributed by atoms with van der Waals surface area (Å²) < 4.78 is 5.03. The maximum absolute atomic E-state index is 12.1. The number of nitrogens with one attached hydrogen (secondary N) is 1. The zero-order chi connectivity index (χ0) is 17.7. The largest absolute Gasteiger partial charge is 0.505 e. The minimum Gasteiger partial charge on any atom is -0.505 e. The van der Waals surface area contributed by atoms with Crippen molar-refractivity contribution < 1.29 is 19.4 Å². The number of halogens is 2. The lowest BCUT2D eigenvalue weighted by Crippen LogP contribution is -2.13. The maximum atomic E-state index is 12.1. The summed E-state index contributed by atoms with van der Waals surface area (Å²) in [6.45, 7) is 0. The van der Waals surface area contributed by atoms with E-state index in [2.05, 4.69) is 5.32 Å². The molecule has 0 aliphatic heterocycles. The molecule has 0 aliphatic carbocycles. The van der Waals surface area contributed by atoms with Crippen molar-refractivity contribution in [2.24, 2.45) is 0 Å². The molecule has 2 aromatic carbocycles. The predicted molar refractivity (Wildman–Crippen MR) is 93.3 cm³/mol. The van der Waals surface area contributed by atoms with E-state index in [0.717, 1.165) is 0 Å². The molecule has 5 nitrogen and oxygen atoms in total. The Kier molecular flexibility index (Phi) is 6.06. The molecule has 0 saturated heterocycles. The Morgan fingerprint density at radius 1 is 1.08 bits per heavy atom. The number of benzene rings is 2. The number of carbonyl (C=O) groups is 2. The Hall–Kier alpha value is -2.24. The standard InChI is InChI=1S/C17H15Cl2NO4/c1-24-12-4-2-10(3-5-12)15(21)6-7-16(22)20-11-8-13(18)17(23)14(19)9-11/h2-5,8-9,23H,6-7H2,1H3,(H,20,22). The molecule has 0 bridgehead atoms. The summed E-state index contributed by atoms with van der Waals surface area (Å²) in [5.74, 6) is -0.0827. The van der Waals surface area contributed by atoms with E-state index in [0.29, 0.717) is 17.0 Å². The van der Waals surface area contributed by atoms with Crippen molar-refractivity contribution in [2.45, 2.75) is 12.8 Å². The van der Waals surface area contributed by atoms with Gasteiger partial charge in [-0.2, -0.15) is 0 Å². The summed E-state index contributed by atoms with van der Waals surface area (Å²) in [7, 11) is 1.54. The molecule has 126 valence electrons. The van der Waals surface area contributed by atoms with Gasteiger partial charge in [0.1, 0.15) is 5.75 Å². The normalized spacial score (nSPS) is 10.3. The number of phenols is 1. The Balaban J connectivity index is 1.91. The van der Waals surface area contributed by atoms with Crippen LogP contribution in [-0.2, 0) is 4.79 Å². The first-order valence-electron chi connectivity index (χ1n) is 7.06. The monoisotopic (exact) mass is 367 g/mol. The molecule has 0 fully saturated rings. The molecule has 24 heavy (non-hydrogen) atoms. The van der Waals surface area contributed by atoms with E-state index in [-0.39, 0.29) is 40.3 Å². The highest BCUT2D eigenvalue weighted by Crippen LogP contribution is 2.34. The van der Waals surface area contributed by atoms with Crippen LogP contribution in [0.15, 0.2) is 36.4 Å². The molecule has 1 amide bonds. The third-order valence-corrected chi connectivity index (χ3v) is 3.87. The van der Waals surface area contributed by atoms with Gasteiger partial charge >= 0.3 is 0 Å². The first-order valence-corrected chi connectivity index (χ1v) is 7.81. The topological polar surface area (TPSA) is 75.6 Å². The lowest BCUT2D eigenvalue weighted by molar-refractivity contribution is -0.116. The molecule has 2 N–H and O–H groups in total. The van der Waals surface area contributed by atoms with Gasteiger partial charge in [0.05, 0.1) is 17.2 Å². The lowest BCUT2D eigenvalue weighted by atomic mass is 10.1. The minimum absolute atomic E-state index is 0.0149. The van der Waals surface area contributed by atoms with Crippen LogP contribution in [-0.4, -0.2) is 23.9 Å². The average Bonchev–Trinajstić information content (AvgIpc) is 2.57. The van der Waals surface area contributed by atoms with Gasteiger partial charge in [-0.15, -0.1) is 0 Å². The van der Waals surface area contributed by atoms with Gasteiger partial charge in [0.25, 0.3) is 0 Å². The summed E-state index contributed by atoms with van der Waals surface area (Å²) in [5.41, 5.74) is 0.865. The van der Waals surface area contributed by atoms with Crippen LogP contribution in [0.4, 0.5) is 5.69 Å². The molecular weight excluding hydrogens is 353 g/mol. The Morgan fingerprint density at radius 3 is 2.21 bits per heavy atom. The van der Waals surface area contributed by atoms with Crippen LogP contribution in [0, 0.1) is 0 Å². The van der Waals surface area contributed by atoms with Crippen molar-refractivity contribution in [1.29, 1.82) is 0 Å². The Labute approximate surface area is 149 Å². The summed E-state index contributed by atoms with van der Waals surface area (Å²) in [6.07, 6.45) is 0.0820. The second-order valence-electron chi connectivity index (χ2n) is 4.99. The number of phenolic OH excluding ortho intramolecular Hbond substituents is 1. The highest BCUT2D eigenvalue weighted by molar-refractivity contribution is 6.37. The molecule has 0 atom stereocenters. The van der Waals surface area contributed by atoms with Crippen molar-refractivity contribution in [3.8, 4) is 11.5 Å². The highest BCUT2D eigenvalue weighted by Gasteiger charge is 2.12. The molecule has 0 saturated carbocycles. The third-order valence-electron chi connectivity index (χ3n) is 3.29. The second kappa shape index (κ2) is 8.04. The van der Waals surface area contributed by atoms with Crippen LogP contribution in [0.1, 0.15) is 23.2 Å². The quantitative estimate of drug-likeness (QED) is 0.589. The number of Topliss-reactive ketones (excluding diaryl/α,β-unsaturated/α-hetero) is 1. The van der Waals surface area contributed by atoms with Gasteiger partial charge in [-0.05, 0) is 36.4 Å². The molecule has 0 aromatic heterocycles. The van der Waals surface area contributed by atoms with E-state index < -0.39 is 0 Å². The van der Waals surface area contributed by atoms with Crippen molar-refractivity contribution >= 4 is 40.6 Å². The number of anilines is 1. The van der Waals surface area contributed by atoms with Gasteiger partial charge in [-0.1, -0.05) is 23.2 Å². The van der Waals surface area contributed by atoms with Crippen molar-refractivity contribution in [2.75, 3.05) is 12.4 Å². The molecule has 2 rings (SSSR count). The number of methoxy groups -OCH3 is 1. The molecule has 0 radical (unpaired) electrons. The van der Waals surface area contributed by atoms with Crippen LogP contribution in [0.25, 0.3) is 0 Å². The smallest absolute Gasteiger partial charge is 0.224 e. The van der Waals surface area contributed by atoms with Crippen LogP contribution < -0.4 is 10.1 Å². The van der Waals surface area contributed by atoms with Crippen LogP contribution in [0.5, 0.6) is 11.5 Å². The second-order valence-corrected chi connectivity index (χ2v) is 5.80. The summed E-state index contributed by atoms with van der Waals surface area (Å²) in [6, 6.07) is 9.44. The summed E-state index contributed by atoms with van der Waals surface area (Å²) >= 11 is 11.6. The van der Waals surface area contributed by atoms with Gasteiger partial charge in [-0.3, -0.25) is 9.59 Å². The van der Waals surface area contributed by atoms with Gasteiger partial charge in [0, 0.05) is 24.1 Å². The molecule has 0 heterocycles. The van der Waals surface area contributed by atoms with E-state index in [4.69, 9.17) is 27.9 Å². The zero-order valence-electron chi connectivity index (χ0n) is 12.8. The Morgan fingerprint density at radius 2 is 1.67 bits per heavy atom. The predicted octanol–water partition coefficient (Wildman–Crippen LogP) is 4.31. The van der Waals surface area contributed by atoms with Crippen molar-refractivity contribution in [3.63, 3.8) is 0 Å². The van der Waals surface area contributed by atoms with E-state index >= 15 is 0 Å². The lowest BCUT2D eigenvalue weighted by Gasteiger charge is -2.08. The van der Waals surface area contributed by atoms with Crippen molar-refractivity contribution in [3.05, 3.63) is 52.0 Å². The summed E-state index contributed by atoms with van der Waals surface area (Å²) in [5, 5.41) is 12.1. The van der Waals surface area contributed by atoms with Gasteiger partial charge in [-0.25, -0.2) is 0 Å². The molecule has 0 unspecified atom stereocenters. The number of carbonyl (C=O) groups excluding carboxylic acids is 2. The number of aromatic hydroxyl groups is 1. The molecular formula is C17H15Cl2NO4. The third kappa shape index (κ3) is 4.63. The van der Waals surface area contributed by atoms with E-state index in [1.165, 1.54) is 12.1 Å². The van der Waals surface area contributed by atoms with Crippen LogP contribution in [0.3, 0.4) is 0 Å². The van der Waals surface area contributed by atoms with Crippen molar-refractivity contribution in [1.82, 2.24) is 0 Å². The first kappa shape index (κ1) is 18.1. The number of amides is 1. The Bertz CT molecular complexity index is 737. The number of hydrogen-bond acceptors (Lipinski definition) is 4. The van der Waals surface area contributed by atoms with Gasteiger partial charge in [0.15, 0.2) is 11.5 Å². The molecule has 0 aliphatic rings. The number of ether oxygens (including phenoxy) is 1. The van der Waals surface area contributed by atoms with Crippen LogP contribution >= 0.6 is 23.2 Å². The SMILES string of the molecule is COc1ccc(C(=O)CCC(=O)Nc2cc(Cl)c(O)c(Cl)c2)cc1. The average molecular weight is 368 g/mol. The van der Waals surface area contributed by atoms with E-state index in [1.807, 2.05) is 0 Å². The van der Waals surface area contributed by atoms with E-state index in [9.17, 15) is 14.7 Å². The fourth-order valence-electron chi connectivity index (χ4n) is 2.01. The minimum atomic E-state index is -0.352. The number of hydrogen-bond donors (Lipinski definition) is 2. The molecule has 0 spiro atoms. The first-order chi connectivity index (χ1) is 11.4. The van der Waals surface area contributed by atoms with Gasteiger partial charge < -0.3 is 15.2 Å². The highest BCUT2D eigenvalue weighted by atomic mass is 35.5. The molecule has 2 aromatic rings. The zero-order valence-corrected chi connectivity index (χ0v) is 14.3. The molecule has 7 heteroatoms. The maximum Gasteiger partial charge on any atom is 0.224 e. The number of rotatable bonds is 6. The summed E-state index contributed by atoms with van der Waals surface area (Å²) in [4.78, 5) is 24.0.